The molecule has 0 aliphatic rings. The molecule has 2 heterocycles. The van der Waals surface area contributed by atoms with E-state index < -0.39 is 0 Å². The van der Waals surface area contributed by atoms with Crippen molar-refractivity contribution in [2.24, 2.45) is 0 Å². The number of aryl methyl sites for hydroxylation is 2. The minimum atomic E-state index is -0.231. The molecule has 2 aromatic heterocycles. The quantitative estimate of drug-likeness (QED) is 0.558. The molecule has 0 unspecified atom stereocenters. The van der Waals surface area contributed by atoms with Crippen LogP contribution >= 0.6 is 11.6 Å². The number of fused-ring (bicyclic) bond motifs is 1. The molecule has 7 heteroatoms. The fourth-order valence-corrected chi connectivity index (χ4v) is 3.03. The van der Waals surface area contributed by atoms with Crippen LogP contribution in [0.5, 0.6) is 0 Å². The second kappa shape index (κ2) is 6.38. The van der Waals surface area contributed by atoms with Crippen LogP contribution in [0, 0.1) is 13.8 Å². The molecule has 4 rings (SSSR count). The molecule has 0 saturated heterocycles. The molecule has 130 valence electrons. The Morgan fingerprint density at radius 3 is 2.69 bits per heavy atom. The monoisotopic (exact) mass is 365 g/mol. The second-order valence-electron chi connectivity index (χ2n) is 6.25. The van der Waals surface area contributed by atoms with Gasteiger partial charge in [-0.2, -0.15) is 4.68 Å². The Morgan fingerprint density at radius 2 is 1.92 bits per heavy atom. The summed E-state index contributed by atoms with van der Waals surface area (Å²) in [5.41, 5.74) is 4.53. The van der Waals surface area contributed by atoms with Crippen molar-refractivity contribution in [3.05, 3.63) is 80.9 Å². The summed E-state index contributed by atoms with van der Waals surface area (Å²) in [5.74, 6) is 0. The zero-order valence-electron chi connectivity index (χ0n) is 14.3. The van der Waals surface area contributed by atoms with Crippen molar-refractivity contribution in [2.45, 2.75) is 20.4 Å². The van der Waals surface area contributed by atoms with Gasteiger partial charge in [-0.1, -0.05) is 35.0 Å². The molecule has 0 spiro atoms. The molecule has 4 aromatic rings. The van der Waals surface area contributed by atoms with Crippen LogP contribution < -0.4 is 5.56 Å². The summed E-state index contributed by atoms with van der Waals surface area (Å²) >= 11 is 6.01. The van der Waals surface area contributed by atoms with E-state index in [4.69, 9.17) is 11.6 Å². The lowest BCUT2D eigenvalue weighted by molar-refractivity contribution is 0.745. The lowest BCUT2D eigenvalue weighted by Crippen LogP contribution is -2.21. The molecule has 2 aromatic carbocycles. The highest BCUT2D eigenvalue weighted by atomic mass is 35.5. The van der Waals surface area contributed by atoms with Crippen LogP contribution in [-0.2, 0) is 6.54 Å². The third-order valence-corrected chi connectivity index (χ3v) is 4.64. The van der Waals surface area contributed by atoms with E-state index in [2.05, 4.69) is 15.3 Å². The molecule has 0 radical (unpaired) electrons. The summed E-state index contributed by atoms with van der Waals surface area (Å²) in [6.07, 6.45) is 1.52. The summed E-state index contributed by atoms with van der Waals surface area (Å²) < 4.78 is 3.10. The van der Waals surface area contributed by atoms with E-state index >= 15 is 0 Å². The van der Waals surface area contributed by atoms with E-state index in [1.165, 1.54) is 16.5 Å². The molecule has 0 bridgehead atoms. The Kier molecular flexibility index (Phi) is 4.05. The van der Waals surface area contributed by atoms with Crippen molar-refractivity contribution >= 4 is 22.8 Å². The number of hydrogen-bond donors (Lipinski definition) is 0. The van der Waals surface area contributed by atoms with Crippen LogP contribution in [0.4, 0.5) is 0 Å². The zero-order valence-corrected chi connectivity index (χ0v) is 15.1. The van der Waals surface area contributed by atoms with Gasteiger partial charge in [-0.05, 0) is 54.8 Å². The van der Waals surface area contributed by atoms with Crippen molar-refractivity contribution in [2.75, 3.05) is 0 Å². The van der Waals surface area contributed by atoms with Crippen molar-refractivity contribution in [3.8, 4) is 5.69 Å². The number of benzene rings is 2. The van der Waals surface area contributed by atoms with Gasteiger partial charge in [0.2, 0.25) is 0 Å². The maximum Gasteiger partial charge on any atom is 0.283 e. The summed E-state index contributed by atoms with van der Waals surface area (Å²) in [5, 5.41) is 8.82. The van der Waals surface area contributed by atoms with E-state index in [9.17, 15) is 4.79 Å². The SMILES string of the molecule is Cc1ccc(-n2nnc3c(=O)n(Cc4cccc(Cl)c4)cnc32)cc1C. The van der Waals surface area contributed by atoms with E-state index in [0.29, 0.717) is 17.2 Å². The first kappa shape index (κ1) is 16.5. The van der Waals surface area contributed by atoms with Gasteiger partial charge >= 0.3 is 0 Å². The average molecular weight is 366 g/mol. The third-order valence-electron chi connectivity index (χ3n) is 4.41. The Balaban J connectivity index is 1.78. The van der Waals surface area contributed by atoms with Crippen molar-refractivity contribution in [3.63, 3.8) is 0 Å². The Hall–Kier alpha value is -2.99. The highest BCUT2D eigenvalue weighted by Gasteiger charge is 2.14. The minimum Gasteiger partial charge on any atom is -0.293 e. The van der Waals surface area contributed by atoms with Crippen molar-refractivity contribution < 1.29 is 0 Å². The van der Waals surface area contributed by atoms with Gasteiger partial charge in [-0.15, -0.1) is 5.10 Å². The Labute approximate surface area is 154 Å². The normalized spacial score (nSPS) is 11.2. The molecule has 0 aliphatic heterocycles. The van der Waals surface area contributed by atoms with E-state index in [0.717, 1.165) is 16.8 Å². The highest BCUT2D eigenvalue weighted by Crippen LogP contribution is 2.16. The third kappa shape index (κ3) is 2.88. The van der Waals surface area contributed by atoms with Crippen molar-refractivity contribution in [1.82, 2.24) is 24.5 Å². The maximum atomic E-state index is 12.8. The molecule has 0 fully saturated rings. The number of nitrogens with zero attached hydrogens (tertiary/aromatic N) is 5. The van der Waals surface area contributed by atoms with Crippen LogP contribution in [-0.4, -0.2) is 24.5 Å². The van der Waals surface area contributed by atoms with Gasteiger partial charge < -0.3 is 0 Å². The maximum absolute atomic E-state index is 12.8. The number of halogens is 1. The predicted molar refractivity (Wildman–Crippen MR) is 101 cm³/mol. The van der Waals surface area contributed by atoms with E-state index in [-0.39, 0.29) is 11.1 Å². The van der Waals surface area contributed by atoms with Gasteiger partial charge in [0.05, 0.1) is 12.2 Å². The number of aromatic nitrogens is 5. The largest absolute Gasteiger partial charge is 0.293 e. The first-order valence-electron chi connectivity index (χ1n) is 8.16. The Morgan fingerprint density at radius 1 is 1.08 bits per heavy atom. The summed E-state index contributed by atoms with van der Waals surface area (Å²) in [4.78, 5) is 17.2. The fraction of sp³-hybridized carbons (Fsp3) is 0.158. The van der Waals surface area contributed by atoms with Crippen LogP contribution in [0.25, 0.3) is 16.9 Å². The van der Waals surface area contributed by atoms with Crippen LogP contribution in [0.15, 0.2) is 53.6 Å². The molecule has 0 saturated carbocycles. The van der Waals surface area contributed by atoms with Gasteiger partial charge in [0, 0.05) is 5.02 Å². The smallest absolute Gasteiger partial charge is 0.283 e. The molecular weight excluding hydrogens is 350 g/mol. The molecule has 26 heavy (non-hydrogen) atoms. The van der Waals surface area contributed by atoms with Crippen LogP contribution in [0.3, 0.4) is 0 Å². The zero-order chi connectivity index (χ0) is 18.3. The van der Waals surface area contributed by atoms with Crippen LogP contribution in [0.1, 0.15) is 16.7 Å². The molecule has 0 atom stereocenters. The van der Waals surface area contributed by atoms with Gasteiger partial charge in [0.25, 0.3) is 5.56 Å². The summed E-state index contributed by atoms with van der Waals surface area (Å²) in [6, 6.07) is 13.3. The molecular formula is C19H16ClN5O. The lowest BCUT2D eigenvalue weighted by atomic mass is 10.1. The standard InChI is InChI=1S/C19H16ClN5O/c1-12-6-7-16(8-13(12)2)25-18-17(22-23-25)19(26)24(11-21-18)10-14-4-3-5-15(20)9-14/h3-9,11H,10H2,1-2H3. The predicted octanol–water partition coefficient (Wildman–Crippen LogP) is 3.30. The summed E-state index contributed by atoms with van der Waals surface area (Å²) in [7, 11) is 0. The minimum absolute atomic E-state index is 0.231. The first-order valence-corrected chi connectivity index (χ1v) is 8.53. The highest BCUT2D eigenvalue weighted by molar-refractivity contribution is 6.30. The van der Waals surface area contributed by atoms with Crippen molar-refractivity contribution in [1.29, 1.82) is 0 Å². The Bertz CT molecular complexity index is 1180. The van der Waals surface area contributed by atoms with Gasteiger partial charge in [0.1, 0.15) is 6.33 Å². The van der Waals surface area contributed by atoms with E-state index in [1.807, 2.05) is 50.2 Å². The van der Waals surface area contributed by atoms with Crippen LogP contribution in [0.2, 0.25) is 5.02 Å². The fourth-order valence-electron chi connectivity index (χ4n) is 2.82. The number of rotatable bonds is 3. The molecule has 0 amide bonds. The number of hydrogen-bond acceptors (Lipinski definition) is 4. The lowest BCUT2D eigenvalue weighted by Gasteiger charge is -2.07. The van der Waals surface area contributed by atoms with Gasteiger partial charge in [-0.25, -0.2) is 4.98 Å². The summed E-state index contributed by atoms with van der Waals surface area (Å²) in [6.45, 7) is 4.45. The molecule has 0 aliphatic carbocycles. The van der Waals surface area contributed by atoms with E-state index in [1.54, 1.807) is 10.7 Å². The average Bonchev–Trinajstić information content (AvgIpc) is 3.05. The second-order valence-corrected chi connectivity index (χ2v) is 6.69. The molecule has 0 N–H and O–H groups in total. The van der Waals surface area contributed by atoms with Gasteiger partial charge in [0.15, 0.2) is 11.2 Å². The topological polar surface area (TPSA) is 65.6 Å². The first-order chi connectivity index (χ1) is 12.5. The molecule has 6 nitrogen and oxygen atoms in total. The van der Waals surface area contributed by atoms with Gasteiger partial charge in [-0.3, -0.25) is 9.36 Å².